The first-order chi connectivity index (χ1) is 14.1. The molecule has 7 heteroatoms. The van der Waals surface area contributed by atoms with Gasteiger partial charge < -0.3 is 15.0 Å². The van der Waals surface area contributed by atoms with Crippen LogP contribution in [0.25, 0.3) is 0 Å². The van der Waals surface area contributed by atoms with Crippen LogP contribution in [0.3, 0.4) is 0 Å². The van der Waals surface area contributed by atoms with Gasteiger partial charge in [0.25, 0.3) is 5.91 Å². The Bertz CT molecular complexity index is 948. The summed E-state index contributed by atoms with van der Waals surface area (Å²) in [6, 6.07) is 16.6. The van der Waals surface area contributed by atoms with Crippen LogP contribution in [0.15, 0.2) is 72.8 Å². The molecule has 148 valence electrons. The van der Waals surface area contributed by atoms with Gasteiger partial charge in [-0.3, -0.25) is 9.59 Å². The van der Waals surface area contributed by atoms with Gasteiger partial charge >= 0.3 is 5.97 Å². The summed E-state index contributed by atoms with van der Waals surface area (Å²) in [5.74, 6) is -0.575. The molecule has 0 bridgehead atoms. The molecule has 0 aromatic heterocycles. The molecule has 2 aliphatic heterocycles. The third-order valence-electron chi connectivity index (χ3n) is 4.95. The molecule has 2 saturated heterocycles. The van der Waals surface area contributed by atoms with Crippen LogP contribution >= 0.6 is 11.8 Å². The molecule has 3 atom stereocenters. The number of nitrogens with one attached hydrogen (secondary N) is 1. The number of hydrogen-bond donors (Lipinski definition) is 1. The van der Waals surface area contributed by atoms with E-state index in [0.29, 0.717) is 16.9 Å². The molecular formula is C22H20N2O4S. The van der Waals surface area contributed by atoms with Gasteiger partial charge in [0.1, 0.15) is 18.0 Å². The first kappa shape index (κ1) is 19.3. The fourth-order valence-electron chi connectivity index (χ4n) is 3.44. The quantitative estimate of drug-likeness (QED) is 0.467. The Kier molecular flexibility index (Phi) is 5.40. The zero-order chi connectivity index (χ0) is 20.4. The number of hydrogen-bond acceptors (Lipinski definition) is 5. The van der Waals surface area contributed by atoms with Gasteiger partial charge in [-0.05, 0) is 23.3 Å². The summed E-state index contributed by atoms with van der Waals surface area (Å²) < 4.78 is 5.43. The Morgan fingerprint density at radius 3 is 2.45 bits per heavy atom. The van der Waals surface area contributed by atoms with E-state index < -0.39 is 18.1 Å². The fraction of sp³-hybridized carbons (Fsp3) is 0.227. The van der Waals surface area contributed by atoms with Crippen LogP contribution < -0.4 is 5.32 Å². The highest BCUT2D eigenvalue weighted by Gasteiger charge is 2.56. The van der Waals surface area contributed by atoms with Gasteiger partial charge in [-0.1, -0.05) is 55.1 Å². The fourth-order valence-corrected chi connectivity index (χ4v) is 4.75. The molecule has 0 spiro atoms. The van der Waals surface area contributed by atoms with Crippen molar-refractivity contribution < 1.29 is 19.1 Å². The van der Waals surface area contributed by atoms with E-state index in [4.69, 9.17) is 4.74 Å². The second kappa shape index (κ2) is 8.13. The highest BCUT2D eigenvalue weighted by molar-refractivity contribution is 8.00. The molecule has 0 aliphatic carbocycles. The van der Waals surface area contributed by atoms with Crippen LogP contribution in [0.4, 0.5) is 0 Å². The lowest BCUT2D eigenvalue weighted by atomic mass is 9.98. The second-order valence-corrected chi connectivity index (χ2v) is 8.02. The maximum Gasteiger partial charge on any atom is 0.333 e. The van der Waals surface area contributed by atoms with Crippen molar-refractivity contribution in [3.63, 3.8) is 0 Å². The Labute approximate surface area is 172 Å². The summed E-state index contributed by atoms with van der Waals surface area (Å²) in [6.45, 7) is 4.09. The third-order valence-corrected chi connectivity index (χ3v) is 6.33. The van der Waals surface area contributed by atoms with Crippen LogP contribution in [0.5, 0.6) is 0 Å². The monoisotopic (exact) mass is 408 g/mol. The van der Waals surface area contributed by atoms with Crippen molar-refractivity contribution in [2.24, 2.45) is 0 Å². The number of ether oxygens (including phenoxy) is 1. The standard InChI is InChI=1S/C22H20N2O4S/c1-14-13-29-21-17(23-19(25)16-10-6-3-7-11-16)20(26)24(21)18(14)22(27)28-12-15-8-4-2-5-9-15/h2-11,17-18,21H,1,12-13H2,(H,23,25)/t17-,18?,21+/m1/s1. The number of benzene rings is 2. The number of carbonyl (C=O) groups excluding carboxylic acids is 3. The molecule has 1 N–H and O–H groups in total. The SMILES string of the molecule is C=C1CS[C@H]2[C@H](NC(=O)c3ccccc3)C(=O)N2C1C(=O)OCc1ccccc1. The number of esters is 1. The normalized spacial score (nSPS) is 23.0. The largest absolute Gasteiger partial charge is 0.459 e. The summed E-state index contributed by atoms with van der Waals surface area (Å²) in [6.07, 6.45) is 0. The second-order valence-electron chi connectivity index (χ2n) is 6.92. The molecule has 0 radical (unpaired) electrons. The third kappa shape index (κ3) is 3.78. The molecule has 2 aliphatic rings. The number of thioether (sulfide) groups is 1. The van der Waals surface area contributed by atoms with E-state index in [9.17, 15) is 14.4 Å². The zero-order valence-corrected chi connectivity index (χ0v) is 16.4. The number of β-lactam (4-membered cyclic amide) rings is 1. The summed E-state index contributed by atoms with van der Waals surface area (Å²) in [5.41, 5.74) is 1.99. The first-order valence-corrected chi connectivity index (χ1v) is 10.3. The van der Waals surface area contributed by atoms with E-state index in [2.05, 4.69) is 11.9 Å². The molecule has 2 aromatic carbocycles. The molecule has 6 nitrogen and oxygen atoms in total. The highest BCUT2D eigenvalue weighted by atomic mass is 32.2. The maximum atomic E-state index is 12.7. The molecule has 29 heavy (non-hydrogen) atoms. The summed E-state index contributed by atoms with van der Waals surface area (Å²) in [5, 5.41) is 2.47. The molecule has 2 aromatic rings. The van der Waals surface area contributed by atoms with Gasteiger partial charge in [-0.2, -0.15) is 0 Å². The highest BCUT2D eigenvalue weighted by Crippen LogP contribution is 2.40. The van der Waals surface area contributed by atoms with Crippen molar-refractivity contribution >= 4 is 29.5 Å². The van der Waals surface area contributed by atoms with E-state index in [1.807, 2.05) is 36.4 Å². The Hall–Kier alpha value is -3.06. The lowest BCUT2D eigenvalue weighted by Crippen LogP contribution is -2.74. The number of amides is 2. The predicted octanol–water partition coefficient (Wildman–Crippen LogP) is 2.37. The molecule has 0 saturated carbocycles. The van der Waals surface area contributed by atoms with Crippen molar-refractivity contribution in [3.8, 4) is 0 Å². The first-order valence-electron chi connectivity index (χ1n) is 9.24. The van der Waals surface area contributed by atoms with E-state index in [-0.39, 0.29) is 23.8 Å². The van der Waals surface area contributed by atoms with Crippen molar-refractivity contribution in [2.75, 3.05) is 5.75 Å². The zero-order valence-electron chi connectivity index (χ0n) is 15.6. The van der Waals surface area contributed by atoms with Crippen molar-refractivity contribution in [1.82, 2.24) is 10.2 Å². The maximum absolute atomic E-state index is 12.7. The minimum Gasteiger partial charge on any atom is -0.459 e. The lowest BCUT2D eigenvalue weighted by molar-refractivity contribution is -0.163. The van der Waals surface area contributed by atoms with Gasteiger partial charge in [-0.15, -0.1) is 11.8 Å². The van der Waals surface area contributed by atoms with Crippen LogP contribution in [-0.2, 0) is 20.9 Å². The molecular weight excluding hydrogens is 388 g/mol. The number of fused-ring (bicyclic) bond motifs is 1. The molecule has 2 fully saturated rings. The van der Waals surface area contributed by atoms with E-state index >= 15 is 0 Å². The Morgan fingerprint density at radius 2 is 1.76 bits per heavy atom. The minimum atomic E-state index is -0.817. The minimum absolute atomic E-state index is 0.136. The van der Waals surface area contributed by atoms with Gasteiger partial charge in [-0.25, -0.2) is 4.79 Å². The van der Waals surface area contributed by atoms with Crippen LogP contribution in [0, 0.1) is 0 Å². The number of nitrogens with zero attached hydrogens (tertiary/aromatic N) is 1. The van der Waals surface area contributed by atoms with Crippen LogP contribution in [0.1, 0.15) is 15.9 Å². The van der Waals surface area contributed by atoms with Crippen molar-refractivity contribution in [3.05, 3.63) is 83.9 Å². The molecule has 2 heterocycles. The predicted molar refractivity (Wildman–Crippen MR) is 110 cm³/mol. The Balaban J connectivity index is 1.42. The van der Waals surface area contributed by atoms with Gasteiger partial charge in [0, 0.05) is 11.3 Å². The molecule has 1 unspecified atom stereocenters. The number of rotatable bonds is 5. The van der Waals surface area contributed by atoms with Crippen LogP contribution in [0.2, 0.25) is 0 Å². The van der Waals surface area contributed by atoms with Gasteiger partial charge in [0.2, 0.25) is 5.91 Å². The van der Waals surface area contributed by atoms with Gasteiger partial charge in [0.15, 0.2) is 6.04 Å². The lowest BCUT2D eigenvalue weighted by Gasteiger charge is -2.52. The summed E-state index contributed by atoms with van der Waals surface area (Å²) >= 11 is 1.49. The topological polar surface area (TPSA) is 75.7 Å². The average molecular weight is 408 g/mol. The van der Waals surface area contributed by atoms with E-state index in [0.717, 1.165) is 5.56 Å². The van der Waals surface area contributed by atoms with E-state index in [1.165, 1.54) is 16.7 Å². The van der Waals surface area contributed by atoms with E-state index in [1.54, 1.807) is 24.3 Å². The van der Waals surface area contributed by atoms with Crippen molar-refractivity contribution in [1.29, 1.82) is 0 Å². The number of carbonyl (C=O) groups is 3. The summed E-state index contributed by atoms with van der Waals surface area (Å²) in [4.78, 5) is 39.3. The smallest absolute Gasteiger partial charge is 0.333 e. The average Bonchev–Trinajstić information content (AvgIpc) is 2.76. The molecule has 4 rings (SSSR count). The molecule has 2 amide bonds. The Morgan fingerprint density at radius 1 is 1.10 bits per heavy atom. The summed E-state index contributed by atoms with van der Waals surface area (Å²) in [7, 11) is 0. The van der Waals surface area contributed by atoms with Crippen molar-refractivity contribution in [2.45, 2.75) is 24.1 Å². The van der Waals surface area contributed by atoms with Crippen LogP contribution in [-0.4, -0.2) is 45.9 Å². The van der Waals surface area contributed by atoms with Gasteiger partial charge in [0.05, 0.1) is 0 Å².